The zero-order valence-electron chi connectivity index (χ0n) is 8.77. The van der Waals surface area contributed by atoms with E-state index in [1.54, 1.807) is 6.07 Å². The van der Waals surface area contributed by atoms with Crippen molar-refractivity contribution in [1.29, 1.82) is 0 Å². The predicted octanol–water partition coefficient (Wildman–Crippen LogP) is 0.845. The highest BCUT2D eigenvalue weighted by Gasteiger charge is 2.19. The lowest BCUT2D eigenvalue weighted by Crippen LogP contribution is -2.30. The molecule has 16 heavy (non-hydrogen) atoms. The lowest BCUT2D eigenvalue weighted by atomic mass is 9.82. The summed E-state index contributed by atoms with van der Waals surface area (Å²) < 4.78 is 6.38. The molecule has 1 heterocycles. The second-order valence-electron chi connectivity index (χ2n) is 3.95. The average Bonchev–Trinajstić information content (AvgIpc) is 2.73. The highest BCUT2D eigenvalue weighted by Crippen LogP contribution is 2.27. The fourth-order valence-corrected chi connectivity index (χ4v) is 2.29. The molecule has 0 radical (unpaired) electrons. The first-order valence-corrected chi connectivity index (χ1v) is 6.14. The summed E-state index contributed by atoms with van der Waals surface area (Å²) in [6, 6.07) is 1.61. The van der Waals surface area contributed by atoms with E-state index in [4.69, 9.17) is 14.8 Å². The summed E-state index contributed by atoms with van der Waals surface area (Å²) in [6.45, 7) is 0. The number of aromatic nitrogens is 1. The van der Waals surface area contributed by atoms with E-state index in [-0.39, 0.29) is 6.10 Å². The van der Waals surface area contributed by atoms with E-state index in [2.05, 4.69) is 20.9 Å². The van der Waals surface area contributed by atoms with Gasteiger partial charge in [-0.05, 0) is 47.7 Å². The predicted molar refractivity (Wildman–Crippen MR) is 64.6 cm³/mol. The van der Waals surface area contributed by atoms with Gasteiger partial charge in [0.1, 0.15) is 6.10 Å². The molecule has 1 aliphatic carbocycles. The van der Waals surface area contributed by atoms with Gasteiger partial charge < -0.3 is 14.8 Å². The van der Waals surface area contributed by atoms with E-state index in [0.29, 0.717) is 15.8 Å². The third-order valence-corrected chi connectivity index (χ3v) is 3.28. The minimum Gasteiger partial charge on any atom is -0.474 e. The first-order chi connectivity index (χ1) is 7.66. The van der Waals surface area contributed by atoms with Crippen LogP contribution in [0, 0.1) is 0 Å². The van der Waals surface area contributed by atoms with Gasteiger partial charge in [0.05, 0.1) is 4.47 Å². The van der Waals surface area contributed by atoms with Crippen LogP contribution >= 0.6 is 15.9 Å². The number of halogens is 1. The topological polar surface area (TPSA) is 62.6 Å². The first kappa shape index (κ1) is 11.9. The van der Waals surface area contributed by atoms with Crippen LogP contribution in [0.2, 0.25) is 0 Å². The summed E-state index contributed by atoms with van der Waals surface area (Å²) in [7, 11) is -1.50. The number of pyridine rings is 1. The zero-order chi connectivity index (χ0) is 11.5. The Hall–Kier alpha value is -0.585. The summed E-state index contributed by atoms with van der Waals surface area (Å²) in [5.41, 5.74) is 0.352. The van der Waals surface area contributed by atoms with Crippen LogP contribution in [0.25, 0.3) is 0 Å². The third-order valence-electron chi connectivity index (χ3n) is 2.71. The standard InChI is InChI=1S/C10H13BBrNO3/c12-9-5-7(11(14)15)6-13-10(9)16-8-3-1-2-4-8/h5-6,8,14-15H,1-4H2. The van der Waals surface area contributed by atoms with Crippen LogP contribution in [0.3, 0.4) is 0 Å². The molecule has 0 aromatic carbocycles. The van der Waals surface area contributed by atoms with Crippen LogP contribution in [0.15, 0.2) is 16.7 Å². The quantitative estimate of drug-likeness (QED) is 0.808. The number of rotatable bonds is 3. The Morgan fingerprint density at radius 3 is 2.62 bits per heavy atom. The molecule has 86 valence electrons. The van der Waals surface area contributed by atoms with Crippen LogP contribution < -0.4 is 10.2 Å². The van der Waals surface area contributed by atoms with E-state index in [9.17, 15) is 0 Å². The fraction of sp³-hybridized carbons (Fsp3) is 0.500. The smallest absolute Gasteiger partial charge is 0.474 e. The van der Waals surface area contributed by atoms with Gasteiger partial charge in [-0.15, -0.1) is 0 Å². The Morgan fingerprint density at radius 1 is 1.38 bits per heavy atom. The number of hydrogen-bond acceptors (Lipinski definition) is 4. The molecule has 6 heteroatoms. The van der Waals surface area contributed by atoms with E-state index < -0.39 is 7.12 Å². The molecule has 1 fully saturated rings. The Morgan fingerprint density at radius 2 is 2.06 bits per heavy atom. The van der Waals surface area contributed by atoms with Crippen molar-refractivity contribution in [3.05, 3.63) is 16.7 Å². The van der Waals surface area contributed by atoms with Gasteiger partial charge >= 0.3 is 7.12 Å². The normalized spacial score (nSPS) is 16.4. The molecule has 0 bridgehead atoms. The van der Waals surface area contributed by atoms with Gasteiger partial charge in [0.2, 0.25) is 5.88 Å². The molecule has 1 aromatic heterocycles. The van der Waals surface area contributed by atoms with Crippen molar-refractivity contribution in [2.75, 3.05) is 0 Å². The van der Waals surface area contributed by atoms with Crippen LogP contribution in [0.4, 0.5) is 0 Å². The molecule has 0 aliphatic heterocycles. The van der Waals surface area contributed by atoms with Crippen molar-refractivity contribution >= 4 is 28.5 Å². The zero-order valence-corrected chi connectivity index (χ0v) is 10.4. The number of hydrogen-bond donors (Lipinski definition) is 2. The molecule has 2 rings (SSSR count). The highest BCUT2D eigenvalue weighted by atomic mass is 79.9. The molecule has 0 atom stereocenters. The van der Waals surface area contributed by atoms with Gasteiger partial charge in [-0.2, -0.15) is 0 Å². The van der Waals surface area contributed by atoms with E-state index >= 15 is 0 Å². The summed E-state index contributed by atoms with van der Waals surface area (Å²) in [5, 5.41) is 18.0. The largest absolute Gasteiger partial charge is 0.490 e. The van der Waals surface area contributed by atoms with Crippen LogP contribution in [-0.4, -0.2) is 28.3 Å². The molecule has 0 spiro atoms. The molecule has 0 saturated heterocycles. The molecule has 1 saturated carbocycles. The van der Waals surface area contributed by atoms with Crippen molar-refractivity contribution in [3.63, 3.8) is 0 Å². The lowest BCUT2D eigenvalue weighted by Gasteiger charge is -2.13. The molecule has 1 aliphatic rings. The molecule has 0 unspecified atom stereocenters. The van der Waals surface area contributed by atoms with Gasteiger partial charge in [-0.1, -0.05) is 0 Å². The minimum absolute atomic E-state index is 0.244. The van der Waals surface area contributed by atoms with Crippen LogP contribution in [-0.2, 0) is 0 Å². The average molecular weight is 286 g/mol. The Labute approximate surface area is 103 Å². The first-order valence-electron chi connectivity index (χ1n) is 5.35. The Kier molecular flexibility index (Phi) is 3.84. The van der Waals surface area contributed by atoms with Crippen molar-refractivity contribution in [2.24, 2.45) is 0 Å². The monoisotopic (exact) mass is 285 g/mol. The minimum atomic E-state index is -1.50. The van der Waals surface area contributed by atoms with Crippen molar-refractivity contribution in [1.82, 2.24) is 4.98 Å². The summed E-state index contributed by atoms with van der Waals surface area (Å²) in [6.07, 6.45) is 6.20. The van der Waals surface area contributed by atoms with E-state index in [1.165, 1.54) is 19.0 Å². The van der Waals surface area contributed by atoms with Crippen LogP contribution in [0.1, 0.15) is 25.7 Å². The van der Waals surface area contributed by atoms with Gasteiger partial charge in [-0.25, -0.2) is 4.98 Å². The second kappa shape index (κ2) is 5.16. The van der Waals surface area contributed by atoms with Gasteiger partial charge in [0.15, 0.2) is 0 Å². The molecule has 2 N–H and O–H groups in total. The molecule has 0 amide bonds. The highest BCUT2D eigenvalue weighted by molar-refractivity contribution is 9.10. The maximum absolute atomic E-state index is 8.98. The molecular weight excluding hydrogens is 273 g/mol. The number of ether oxygens (including phenoxy) is 1. The van der Waals surface area contributed by atoms with Crippen molar-refractivity contribution in [3.8, 4) is 5.88 Å². The summed E-state index contributed by atoms with van der Waals surface area (Å²) in [5.74, 6) is 0.524. The molecule has 1 aromatic rings. The maximum atomic E-state index is 8.98. The van der Waals surface area contributed by atoms with Crippen LogP contribution in [0.5, 0.6) is 5.88 Å². The lowest BCUT2D eigenvalue weighted by molar-refractivity contribution is 0.200. The number of nitrogens with zero attached hydrogens (tertiary/aromatic N) is 1. The Bertz CT molecular complexity index is 369. The van der Waals surface area contributed by atoms with Crippen molar-refractivity contribution in [2.45, 2.75) is 31.8 Å². The SMILES string of the molecule is OB(O)c1cnc(OC2CCCC2)c(Br)c1. The van der Waals surface area contributed by atoms with Gasteiger partial charge in [0.25, 0.3) is 0 Å². The van der Waals surface area contributed by atoms with E-state index in [0.717, 1.165) is 12.8 Å². The van der Waals surface area contributed by atoms with E-state index in [1.807, 2.05) is 0 Å². The van der Waals surface area contributed by atoms with Crippen molar-refractivity contribution < 1.29 is 14.8 Å². The van der Waals surface area contributed by atoms with Gasteiger partial charge in [-0.3, -0.25) is 0 Å². The summed E-state index contributed by atoms with van der Waals surface area (Å²) >= 11 is 3.31. The molecular formula is C10H13BBrNO3. The van der Waals surface area contributed by atoms with Gasteiger partial charge in [0, 0.05) is 11.7 Å². The fourth-order valence-electron chi connectivity index (χ4n) is 1.83. The third kappa shape index (κ3) is 2.75. The maximum Gasteiger partial charge on any atom is 0.490 e. The second-order valence-corrected chi connectivity index (χ2v) is 4.81. The molecule has 4 nitrogen and oxygen atoms in total. The summed E-state index contributed by atoms with van der Waals surface area (Å²) in [4.78, 5) is 4.07. The Balaban J connectivity index is 2.09.